The summed E-state index contributed by atoms with van der Waals surface area (Å²) < 4.78 is 52.4. The number of rotatable bonds is 3. The van der Waals surface area contributed by atoms with Crippen LogP contribution in [0.1, 0.15) is 5.56 Å². The predicted molar refractivity (Wildman–Crippen MR) is 45.4 cm³/mol. The van der Waals surface area contributed by atoms with Crippen LogP contribution in [-0.4, -0.2) is 16.3 Å². The Morgan fingerprint density at radius 3 is 2.53 bits per heavy atom. The van der Waals surface area contributed by atoms with E-state index in [0.29, 0.717) is 6.20 Å². The van der Waals surface area contributed by atoms with Crippen LogP contribution in [0.2, 0.25) is 0 Å². The molecule has 2 N–H and O–H groups in total. The molecule has 0 saturated heterocycles. The van der Waals surface area contributed by atoms with Crippen molar-refractivity contribution in [1.82, 2.24) is 4.98 Å². The molecular formula is C7H5F4N3O3. The van der Waals surface area contributed by atoms with E-state index in [0.717, 1.165) is 0 Å². The number of hydrogen-bond acceptors (Lipinski definition) is 5. The highest BCUT2D eigenvalue weighted by atomic mass is 19.4. The molecule has 0 radical (unpaired) electrons. The van der Waals surface area contributed by atoms with Crippen molar-refractivity contribution in [3.8, 4) is 5.75 Å². The smallest absolute Gasteiger partial charge is 0.396 e. The van der Waals surface area contributed by atoms with Crippen LogP contribution in [0.5, 0.6) is 5.75 Å². The average molecular weight is 255 g/mol. The van der Waals surface area contributed by atoms with Crippen molar-refractivity contribution in [2.24, 2.45) is 5.73 Å². The van der Waals surface area contributed by atoms with E-state index in [-0.39, 0.29) is 0 Å². The molecule has 0 fully saturated rings. The fourth-order valence-corrected chi connectivity index (χ4v) is 1.04. The second-order valence-electron chi connectivity index (χ2n) is 2.75. The van der Waals surface area contributed by atoms with E-state index in [1.54, 1.807) is 0 Å². The Kier molecular flexibility index (Phi) is 3.46. The van der Waals surface area contributed by atoms with Crippen LogP contribution in [0, 0.1) is 15.9 Å². The molecule has 0 aliphatic rings. The predicted octanol–water partition coefficient (Wildman–Crippen LogP) is 1.49. The van der Waals surface area contributed by atoms with Crippen molar-refractivity contribution in [3.63, 3.8) is 0 Å². The van der Waals surface area contributed by atoms with Gasteiger partial charge in [0.15, 0.2) is 12.0 Å². The zero-order valence-electron chi connectivity index (χ0n) is 7.99. The molecule has 0 aliphatic carbocycles. The van der Waals surface area contributed by atoms with E-state index < -0.39 is 40.8 Å². The molecule has 0 aliphatic heterocycles. The summed E-state index contributed by atoms with van der Waals surface area (Å²) in [6, 6.07) is 0. The normalized spacial score (nSPS) is 11.4. The Labute approximate surface area is 91.1 Å². The lowest BCUT2D eigenvalue weighted by molar-refractivity contribution is -0.393. The number of alkyl halides is 3. The monoisotopic (exact) mass is 255 g/mol. The summed E-state index contributed by atoms with van der Waals surface area (Å²) in [6.07, 6.45) is -4.80. The number of pyridine rings is 1. The molecule has 1 aromatic rings. The standard InChI is InChI=1S/C7H5F4N3O3/c8-4-2-13-6(14(15)16)5(3(4)1-12)17-7(9,10)11/h2H,1,12H2. The maximum absolute atomic E-state index is 13.1. The topological polar surface area (TPSA) is 91.3 Å². The second kappa shape index (κ2) is 4.49. The van der Waals surface area contributed by atoms with Crippen LogP contribution in [0.15, 0.2) is 6.20 Å². The van der Waals surface area contributed by atoms with Gasteiger partial charge in [-0.3, -0.25) is 0 Å². The first-order valence-corrected chi connectivity index (χ1v) is 4.04. The van der Waals surface area contributed by atoms with Gasteiger partial charge in [0.2, 0.25) is 5.75 Å². The van der Waals surface area contributed by atoms with Gasteiger partial charge in [-0.1, -0.05) is 0 Å². The quantitative estimate of drug-likeness (QED) is 0.501. The molecular weight excluding hydrogens is 250 g/mol. The summed E-state index contributed by atoms with van der Waals surface area (Å²) >= 11 is 0. The number of aromatic nitrogens is 1. The van der Waals surface area contributed by atoms with E-state index in [9.17, 15) is 27.7 Å². The maximum atomic E-state index is 13.1. The van der Waals surface area contributed by atoms with Gasteiger partial charge >= 0.3 is 12.2 Å². The highest BCUT2D eigenvalue weighted by Crippen LogP contribution is 2.34. The molecule has 6 nitrogen and oxygen atoms in total. The third kappa shape index (κ3) is 3.00. The lowest BCUT2D eigenvalue weighted by atomic mass is 10.2. The minimum atomic E-state index is -5.20. The molecule has 1 rings (SSSR count). The van der Waals surface area contributed by atoms with Crippen LogP contribution >= 0.6 is 0 Å². The molecule has 10 heteroatoms. The van der Waals surface area contributed by atoms with Gasteiger partial charge in [0, 0.05) is 6.54 Å². The number of nitrogens with zero attached hydrogens (tertiary/aromatic N) is 2. The summed E-state index contributed by atoms with van der Waals surface area (Å²) in [7, 11) is 0. The molecule has 0 atom stereocenters. The molecule has 1 aromatic heterocycles. The molecule has 0 saturated carbocycles. The number of nitro groups is 1. The molecule has 0 unspecified atom stereocenters. The molecule has 0 bridgehead atoms. The molecule has 0 spiro atoms. The lowest BCUT2D eigenvalue weighted by Crippen LogP contribution is -2.20. The van der Waals surface area contributed by atoms with Crippen LogP contribution in [-0.2, 0) is 6.54 Å². The summed E-state index contributed by atoms with van der Waals surface area (Å²) in [6.45, 7) is -0.694. The van der Waals surface area contributed by atoms with Gasteiger partial charge in [0.1, 0.15) is 0 Å². The Hall–Kier alpha value is -1.97. The molecule has 0 aromatic carbocycles. The number of ether oxygens (including phenoxy) is 1. The van der Waals surface area contributed by atoms with Crippen LogP contribution in [0.25, 0.3) is 0 Å². The summed E-state index contributed by atoms with van der Waals surface area (Å²) in [5.74, 6) is -3.79. The average Bonchev–Trinajstić information content (AvgIpc) is 2.15. The van der Waals surface area contributed by atoms with Crippen molar-refractivity contribution in [1.29, 1.82) is 0 Å². The fourth-order valence-electron chi connectivity index (χ4n) is 1.04. The molecule has 17 heavy (non-hydrogen) atoms. The largest absolute Gasteiger partial charge is 0.573 e. The van der Waals surface area contributed by atoms with Crippen LogP contribution in [0.3, 0.4) is 0 Å². The minimum absolute atomic E-state index is 0.406. The van der Waals surface area contributed by atoms with Gasteiger partial charge in [0.25, 0.3) is 0 Å². The number of nitrogens with two attached hydrogens (primary N) is 1. The van der Waals surface area contributed by atoms with Crippen molar-refractivity contribution in [2.45, 2.75) is 12.9 Å². The fraction of sp³-hybridized carbons (Fsp3) is 0.286. The summed E-state index contributed by atoms with van der Waals surface area (Å²) in [5, 5.41) is 10.4. The summed E-state index contributed by atoms with van der Waals surface area (Å²) in [5.41, 5.74) is 4.24. The highest BCUT2D eigenvalue weighted by Gasteiger charge is 2.37. The van der Waals surface area contributed by atoms with E-state index in [1.165, 1.54) is 0 Å². The van der Waals surface area contributed by atoms with E-state index in [1.807, 2.05) is 0 Å². The maximum Gasteiger partial charge on any atom is 0.573 e. The zero-order chi connectivity index (χ0) is 13.2. The van der Waals surface area contributed by atoms with Crippen LogP contribution in [0.4, 0.5) is 23.4 Å². The van der Waals surface area contributed by atoms with E-state index >= 15 is 0 Å². The number of hydrogen-bond donors (Lipinski definition) is 1. The van der Waals surface area contributed by atoms with Crippen molar-refractivity contribution >= 4 is 5.82 Å². The Morgan fingerprint density at radius 1 is 1.53 bits per heavy atom. The Balaban J connectivity index is 3.39. The molecule has 0 amide bonds. The minimum Gasteiger partial charge on any atom is -0.396 e. The molecule has 94 valence electrons. The Bertz CT molecular complexity index is 449. The second-order valence-corrected chi connectivity index (χ2v) is 2.75. The van der Waals surface area contributed by atoms with Gasteiger partial charge < -0.3 is 20.6 Å². The van der Waals surface area contributed by atoms with E-state index in [2.05, 4.69) is 9.72 Å². The lowest BCUT2D eigenvalue weighted by Gasteiger charge is -2.11. The highest BCUT2D eigenvalue weighted by molar-refractivity contribution is 5.46. The van der Waals surface area contributed by atoms with Gasteiger partial charge in [-0.15, -0.1) is 13.2 Å². The van der Waals surface area contributed by atoms with Crippen molar-refractivity contribution in [3.05, 3.63) is 27.7 Å². The summed E-state index contributed by atoms with van der Waals surface area (Å²) in [4.78, 5) is 12.1. The first kappa shape index (κ1) is 13.1. The first-order valence-electron chi connectivity index (χ1n) is 4.04. The van der Waals surface area contributed by atoms with Crippen molar-refractivity contribution in [2.75, 3.05) is 0 Å². The molecule has 1 heterocycles. The Morgan fingerprint density at radius 2 is 2.12 bits per heavy atom. The van der Waals surface area contributed by atoms with Gasteiger partial charge in [-0.2, -0.15) is 0 Å². The third-order valence-electron chi connectivity index (χ3n) is 1.66. The first-order chi connectivity index (χ1) is 7.76. The zero-order valence-corrected chi connectivity index (χ0v) is 7.99. The van der Waals surface area contributed by atoms with Crippen LogP contribution < -0.4 is 10.5 Å². The van der Waals surface area contributed by atoms with Crippen molar-refractivity contribution < 1.29 is 27.2 Å². The van der Waals surface area contributed by atoms with Gasteiger partial charge in [-0.05, 0) is 9.91 Å². The van der Waals surface area contributed by atoms with Gasteiger partial charge in [0.05, 0.1) is 5.56 Å². The third-order valence-corrected chi connectivity index (χ3v) is 1.66. The van der Waals surface area contributed by atoms with E-state index in [4.69, 9.17) is 5.73 Å². The SMILES string of the molecule is NCc1c(F)cnc([N+](=O)[O-])c1OC(F)(F)F. The number of halogens is 4. The van der Waals surface area contributed by atoms with Gasteiger partial charge in [-0.25, -0.2) is 4.39 Å².